The molecule has 1 aromatic carbocycles. The normalized spacial score (nSPS) is 25.1. The van der Waals surface area contributed by atoms with Crippen LogP contribution in [0.2, 0.25) is 0 Å². The molecule has 0 bridgehead atoms. The van der Waals surface area contributed by atoms with Crippen LogP contribution in [-0.4, -0.2) is 6.54 Å². The first-order valence-electron chi connectivity index (χ1n) is 5.41. The third-order valence-electron chi connectivity index (χ3n) is 3.51. The van der Waals surface area contributed by atoms with Crippen molar-refractivity contribution >= 4 is 0 Å². The lowest BCUT2D eigenvalue weighted by Gasteiger charge is -2.09. The smallest absolute Gasteiger partial charge is 0.00428 e. The first-order valence-corrected chi connectivity index (χ1v) is 5.41. The Balaban J connectivity index is 2.31. The highest BCUT2D eigenvalue weighted by Crippen LogP contribution is 2.48. The van der Waals surface area contributed by atoms with Gasteiger partial charge < -0.3 is 5.73 Å². The Hall–Kier alpha value is -0.820. The topological polar surface area (TPSA) is 26.0 Å². The van der Waals surface area contributed by atoms with Gasteiger partial charge in [0.25, 0.3) is 0 Å². The highest BCUT2D eigenvalue weighted by molar-refractivity contribution is 5.40. The molecule has 0 aliphatic heterocycles. The zero-order chi connectivity index (χ0) is 10.3. The van der Waals surface area contributed by atoms with Crippen LogP contribution >= 0.6 is 0 Å². The summed E-state index contributed by atoms with van der Waals surface area (Å²) in [6.07, 6.45) is 1.29. The fourth-order valence-corrected chi connectivity index (χ4v) is 2.27. The van der Waals surface area contributed by atoms with E-state index in [1.165, 1.54) is 28.7 Å². The van der Waals surface area contributed by atoms with Gasteiger partial charge in [-0.25, -0.2) is 0 Å². The van der Waals surface area contributed by atoms with E-state index in [2.05, 4.69) is 32.9 Å². The fraction of sp³-hybridized carbons (Fsp3) is 0.538. The van der Waals surface area contributed by atoms with Crippen LogP contribution in [0.25, 0.3) is 0 Å². The number of hydrogen-bond donors (Lipinski definition) is 1. The molecule has 0 aromatic heterocycles. The molecule has 1 aromatic rings. The van der Waals surface area contributed by atoms with E-state index in [1.54, 1.807) is 0 Å². The van der Waals surface area contributed by atoms with Crippen LogP contribution in [0.5, 0.6) is 0 Å². The van der Waals surface area contributed by atoms with Crippen molar-refractivity contribution in [3.05, 3.63) is 34.4 Å². The molecular formula is C13H19N. The maximum absolute atomic E-state index is 5.68. The quantitative estimate of drug-likeness (QED) is 0.760. The molecular weight excluding hydrogens is 170 g/mol. The molecule has 0 saturated heterocycles. The number of rotatable bonds is 2. The molecule has 1 nitrogen and oxygen atoms in total. The molecule has 0 radical (unpaired) electrons. The second kappa shape index (κ2) is 3.39. The molecule has 2 atom stereocenters. The molecule has 76 valence electrons. The van der Waals surface area contributed by atoms with E-state index >= 15 is 0 Å². The van der Waals surface area contributed by atoms with Crippen LogP contribution in [0.15, 0.2) is 12.1 Å². The van der Waals surface area contributed by atoms with Crippen molar-refractivity contribution < 1.29 is 0 Å². The van der Waals surface area contributed by atoms with Crippen LogP contribution in [0.3, 0.4) is 0 Å². The Bertz CT molecular complexity index is 354. The van der Waals surface area contributed by atoms with E-state index in [9.17, 15) is 0 Å². The minimum atomic E-state index is 0.746. The molecule has 1 aliphatic rings. The van der Waals surface area contributed by atoms with Gasteiger partial charge >= 0.3 is 0 Å². The molecule has 1 heteroatoms. The summed E-state index contributed by atoms with van der Waals surface area (Å²) in [6, 6.07) is 4.65. The SMILES string of the molecule is Cc1cc(C)c([C@@H]2C[C@H]2CN)cc1C. The third kappa shape index (κ3) is 1.57. The van der Waals surface area contributed by atoms with Gasteiger partial charge in [0.15, 0.2) is 0 Å². The van der Waals surface area contributed by atoms with Crippen LogP contribution in [0.1, 0.15) is 34.6 Å². The average Bonchev–Trinajstić information content (AvgIpc) is 2.90. The van der Waals surface area contributed by atoms with Gasteiger partial charge in [-0.1, -0.05) is 12.1 Å². The van der Waals surface area contributed by atoms with Crippen molar-refractivity contribution in [2.45, 2.75) is 33.1 Å². The van der Waals surface area contributed by atoms with E-state index in [4.69, 9.17) is 5.73 Å². The van der Waals surface area contributed by atoms with Gasteiger partial charge in [-0.2, -0.15) is 0 Å². The highest BCUT2D eigenvalue weighted by Gasteiger charge is 2.37. The minimum Gasteiger partial charge on any atom is -0.330 e. The van der Waals surface area contributed by atoms with Crippen molar-refractivity contribution in [1.82, 2.24) is 0 Å². The van der Waals surface area contributed by atoms with Gasteiger partial charge in [0.1, 0.15) is 0 Å². The minimum absolute atomic E-state index is 0.746. The fourth-order valence-electron chi connectivity index (χ4n) is 2.27. The number of aryl methyl sites for hydroxylation is 3. The summed E-state index contributed by atoms with van der Waals surface area (Å²) in [5, 5.41) is 0. The molecule has 14 heavy (non-hydrogen) atoms. The van der Waals surface area contributed by atoms with Crippen molar-refractivity contribution in [3.8, 4) is 0 Å². The van der Waals surface area contributed by atoms with Gasteiger partial charge in [-0.15, -0.1) is 0 Å². The summed E-state index contributed by atoms with van der Waals surface area (Å²) in [6.45, 7) is 7.43. The number of hydrogen-bond acceptors (Lipinski definition) is 1. The molecule has 0 spiro atoms. The van der Waals surface area contributed by atoms with E-state index in [-0.39, 0.29) is 0 Å². The molecule has 0 heterocycles. The standard InChI is InChI=1S/C13H19N/c1-8-4-10(3)12(5-9(8)2)13-6-11(13)7-14/h4-5,11,13H,6-7,14H2,1-3H3/t11-,13+/m0/s1. The molecule has 1 aliphatic carbocycles. The van der Waals surface area contributed by atoms with E-state index in [1.807, 2.05) is 0 Å². The van der Waals surface area contributed by atoms with E-state index in [0.717, 1.165) is 18.4 Å². The zero-order valence-electron chi connectivity index (χ0n) is 9.30. The van der Waals surface area contributed by atoms with Gasteiger partial charge in [0.05, 0.1) is 0 Å². The van der Waals surface area contributed by atoms with E-state index in [0.29, 0.717) is 0 Å². The lowest BCUT2D eigenvalue weighted by Crippen LogP contribution is -2.02. The lowest BCUT2D eigenvalue weighted by atomic mass is 9.97. The number of benzene rings is 1. The molecule has 2 N–H and O–H groups in total. The van der Waals surface area contributed by atoms with Crippen LogP contribution in [-0.2, 0) is 0 Å². The molecule has 0 unspecified atom stereocenters. The summed E-state index contributed by atoms with van der Waals surface area (Å²) >= 11 is 0. The largest absolute Gasteiger partial charge is 0.330 e. The Morgan fingerprint density at radius 1 is 1.14 bits per heavy atom. The summed E-state index contributed by atoms with van der Waals surface area (Å²) < 4.78 is 0. The highest BCUT2D eigenvalue weighted by atomic mass is 14.6. The molecule has 1 saturated carbocycles. The maximum Gasteiger partial charge on any atom is -0.00428 e. The second-order valence-corrected chi connectivity index (χ2v) is 4.63. The van der Waals surface area contributed by atoms with Gasteiger partial charge in [0.2, 0.25) is 0 Å². The Morgan fingerprint density at radius 3 is 2.36 bits per heavy atom. The summed E-state index contributed by atoms with van der Waals surface area (Å²) in [7, 11) is 0. The average molecular weight is 189 g/mol. The first kappa shape index (κ1) is 9.72. The predicted molar refractivity (Wildman–Crippen MR) is 60.6 cm³/mol. The van der Waals surface area contributed by atoms with Crippen molar-refractivity contribution in [2.24, 2.45) is 11.7 Å². The van der Waals surface area contributed by atoms with Crippen LogP contribution in [0, 0.1) is 26.7 Å². The monoisotopic (exact) mass is 189 g/mol. The van der Waals surface area contributed by atoms with Crippen LogP contribution < -0.4 is 5.73 Å². The summed E-state index contributed by atoms with van der Waals surface area (Å²) in [5.41, 5.74) is 11.5. The number of nitrogens with two attached hydrogens (primary N) is 1. The van der Waals surface area contributed by atoms with Crippen molar-refractivity contribution in [1.29, 1.82) is 0 Å². The van der Waals surface area contributed by atoms with Gasteiger partial charge in [0, 0.05) is 0 Å². The molecule has 2 rings (SSSR count). The van der Waals surface area contributed by atoms with Gasteiger partial charge in [-0.3, -0.25) is 0 Å². The molecule has 0 amide bonds. The summed E-state index contributed by atoms with van der Waals surface area (Å²) in [4.78, 5) is 0. The second-order valence-electron chi connectivity index (χ2n) is 4.63. The van der Waals surface area contributed by atoms with Crippen molar-refractivity contribution in [2.75, 3.05) is 6.54 Å². The van der Waals surface area contributed by atoms with Crippen molar-refractivity contribution in [3.63, 3.8) is 0 Å². The first-order chi connectivity index (χ1) is 6.63. The Morgan fingerprint density at radius 2 is 1.79 bits per heavy atom. The Kier molecular flexibility index (Phi) is 2.36. The van der Waals surface area contributed by atoms with E-state index < -0.39 is 0 Å². The lowest BCUT2D eigenvalue weighted by molar-refractivity contribution is 0.806. The predicted octanol–water partition coefficient (Wildman–Crippen LogP) is 2.67. The Labute approximate surface area is 86.3 Å². The van der Waals surface area contributed by atoms with Crippen LogP contribution in [0.4, 0.5) is 0 Å². The molecule has 1 fully saturated rings. The third-order valence-corrected chi connectivity index (χ3v) is 3.51. The maximum atomic E-state index is 5.68. The zero-order valence-corrected chi connectivity index (χ0v) is 9.30. The van der Waals surface area contributed by atoms with Gasteiger partial charge in [-0.05, 0) is 67.8 Å². The summed E-state index contributed by atoms with van der Waals surface area (Å²) in [5.74, 6) is 1.50.